The van der Waals surface area contributed by atoms with Crippen molar-refractivity contribution in [2.24, 2.45) is 0 Å². The van der Waals surface area contributed by atoms with E-state index in [1.807, 2.05) is 6.07 Å². The summed E-state index contributed by atoms with van der Waals surface area (Å²) < 4.78 is 2.93. The van der Waals surface area contributed by atoms with E-state index < -0.39 is 4.92 Å². The van der Waals surface area contributed by atoms with Gasteiger partial charge in [-0.05, 0) is 77.2 Å². The van der Waals surface area contributed by atoms with E-state index in [0.29, 0.717) is 16.5 Å². The lowest BCUT2D eigenvalue weighted by Gasteiger charge is -2.13. The summed E-state index contributed by atoms with van der Waals surface area (Å²) in [6.07, 6.45) is 3.20. The van der Waals surface area contributed by atoms with Crippen molar-refractivity contribution >= 4 is 78.9 Å². The fraction of sp³-hybridized carbons (Fsp3) is 0. The molecule has 0 aliphatic heterocycles. The molecule has 4 aromatic rings. The lowest BCUT2D eigenvalue weighted by atomic mass is 10.1. The number of hydrogen-bond donors (Lipinski definition) is 1. The van der Waals surface area contributed by atoms with Gasteiger partial charge in [0.2, 0.25) is 0 Å². The van der Waals surface area contributed by atoms with Crippen LogP contribution in [0, 0.1) is 13.7 Å². The molecule has 3 aromatic carbocycles. The van der Waals surface area contributed by atoms with Crippen molar-refractivity contribution in [2.75, 3.05) is 0 Å². The van der Waals surface area contributed by atoms with Gasteiger partial charge in [0.15, 0.2) is 0 Å². The fourth-order valence-corrected chi connectivity index (χ4v) is 4.26. The maximum atomic E-state index is 13.4. The van der Waals surface area contributed by atoms with E-state index in [0.717, 1.165) is 8.04 Å². The normalized spacial score (nSPS) is 11.3. The fourth-order valence-electron chi connectivity index (χ4n) is 3.13. The molecular weight excluding hydrogens is 613 g/mol. The largest absolute Gasteiger partial charge is 0.507 e. The zero-order valence-corrected chi connectivity index (χ0v) is 20.5. The average molecular weight is 625 g/mol. The highest BCUT2D eigenvalue weighted by Gasteiger charge is 2.17. The molecule has 0 radical (unpaired) electrons. The molecule has 0 atom stereocenters. The Kier molecular flexibility index (Phi) is 6.31. The summed E-state index contributed by atoms with van der Waals surface area (Å²) >= 11 is 11.8. The molecule has 0 aliphatic rings. The van der Waals surface area contributed by atoms with Crippen molar-refractivity contribution in [2.45, 2.75) is 0 Å². The number of hydrogen-bond acceptors (Lipinski definition) is 5. The number of aromatic hydroxyl groups is 1. The highest BCUT2D eigenvalue weighted by molar-refractivity contribution is 14.1. The van der Waals surface area contributed by atoms with Crippen LogP contribution in [0.5, 0.6) is 5.75 Å². The molecule has 32 heavy (non-hydrogen) atoms. The molecule has 0 bridgehead atoms. The molecular formula is C22H12BrClIN3O4. The number of nitro benzene ring substituents is 1. The highest BCUT2D eigenvalue weighted by Crippen LogP contribution is 2.28. The summed E-state index contributed by atoms with van der Waals surface area (Å²) in [4.78, 5) is 28.6. The number of halogens is 3. The van der Waals surface area contributed by atoms with Crippen LogP contribution in [0.1, 0.15) is 11.4 Å². The van der Waals surface area contributed by atoms with Crippen molar-refractivity contribution in [1.82, 2.24) is 9.55 Å². The van der Waals surface area contributed by atoms with Gasteiger partial charge in [0.1, 0.15) is 11.6 Å². The first kappa shape index (κ1) is 22.4. The monoisotopic (exact) mass is 623 g/mol. The van der Waals surface area contributed by atoms with Gasteiger partial charge < -0.3 is 5.11 Å². The van der Waals surface area contributed by atoms with Crippen LogP contribution in [-0.4, -0.2) is 19.6 Å². The number of benzene rings is 3. The van der Waals surface area contributed by atoms with E-state index in [2.05, 4.69) is 43.5 Å². The standard InChI is InChI=1S/C22H12BrClIN3O4/c23-13-2-7-20(29)12(9-13)1-8-21-26-18-5-3-14(25)10-16(18)22(30)27(21)19-6-4-15(28(31)32)11-17(19)24/h1-11,29H/b8-1+. The number of non-ortho nitro benzene ring substituents is 1. The Morgan fingerprint density at radius 1 is 1.12 bits per heavy atom. The molecule has 0 amide bonds. The Morgan fingerprint density at radius 2 is 1.91 bits per heavy atom. The van der Waals surface area contributed by atoms with Gasteiger partial charge in [0.25, 0.3) is 11.2 Å². The molecule has 0 fully saturated rings. The van der Waals surface area contributed by atoms with Gasteiger partial charge in [0, 0.05) is 25.7 Å². The number of fused-ring (bicyclic) bond motifs is 1. The molecule has 0 saturated heterocycles. The van der Waals surface area contributed by atoms with E-state index in [1.165, 1.54) is 22.8 Å². The topological polar surface area (TPSA) is 98.3 Å². The predicted octanol–water partition coefficient (Wildman–Crippen LogP) is 6.19. The van der Waals surface area contributed by atoms with Crippen molar-refractivity contribution < 1.29 is 10.0 Å². The first-order chi connectivity index (χ1) is 15.2. The van der Waals surface area contributed by atoms with Crippen molar-refractivity contribution in [3.05, 3.63) is 99.5 Å². The third-order valence-electron chi connectivity index (χ3n) is 4.64. The Balaban J connectivity index is 1.99. The molecule has 0 spiro atoms. The third-order valence-corrected chi connectivity index (χ3v) is 6.11. The van der Waals surface area contributed by atoms with Gasteiger partial charge in [-0.2, -0.15) is 0 Å². The first-order valence-corrected chi connectivity index (χ1v) is 11.3. The molecule has 7 nitrogen and oxygen atoms in total. The van der Waals surface area contributed by atoms with E-state index >= 15 is 0 Å². The summed E-state index contributed by atoms with van der Waals surface area (Å²) in [7, 11) is 0. The minimum Gasteiger partial charge on any atom is -0.507 e. The van der Waals surface area contributed by atoms with E-state index in [4.69, 9.17) is 11.6 Å². The molecule has 4 rings (SSSR count). The van der Waals surface area contributed by atoms with Crippen molar-refractivity contribution in [3.8, 4) is 11.4 Å². The molecule has 160 valence electrons. The minimum atomic E-state index is -0.559. The smallest absolute Gasteiger partial charge is 0.271 e. The van der Waals surface area contributed by atoms with Crippen LogP contribution in [0.3, 0.4) is 0 Å². The molecule has 1 N–H and O–H groups in total. The molecule has 1 aromatic heterocycles. The number of phenols is 1. The summed E-state index contributed by atoms with van der Waals surface area (Å²) in [5.41, 5.74) is 0.697. The number of nitro groups is 1. The van der Waals surface area contributed by atoms with Crippen LogP contribution in [0.15, 0.2) is 63.9 Å². The minimum absolute atomic E-state index is 0.0352. The van der Waals surface area contributed by atoms with Crippen LogP contribution >= 0.6 is 50.1 Å². The quantitative estimate of drug-likeness (QED) is 0.166. The van der Waals surface area contributed by atoms with Gasteiger partial charge >= 0.3 is 0 Å². The van der Waals surface area contributed by atoms with E-state index in [1.54, 1.807) is 42.5 Å². The second-order valence-electron chi connectivity index (χ2n) is 6.70. The third kappa shape index (κ3) is 4.41. The maximum Gasteiger partial charge on any atom is 0.271 e. The lowest BCUT2D eigenvalue weighted by Crippen LogP contribution is -2.22. The van der Waals surface area contributed by atoms with Gasteiger partial charge in [0.05, 0.1) is 26.5 Å². The Labute approximate surface area is 208 Å². The van der Waals surface area contributed by atoms with Crippen LogP contribution in [0.4, 0.5) is 5.69 Å². The average Bonchev–Trinajstić information content (AvgIpc) is 2.75. The summed E-state index contributed by atoms with van der Waals surface area (Å²) in [5, 5.41) is 21.6. The lowest BCUT2D eigenvalue weighted by molar-refractivity contribution is -0.384. The Morgan fingerprint density at radius 3 is 2.62 bits per heavy atom. The molecule has 10 heteroatoms. The highest BCUT2D eigenvalue weighted by atomic mass is 127. The summed E-state index contributed by atoms with van der Waals surface area (Å²) in [6.45, 7) is 0. The summed E-state index contributed by atoms with van der Waals surface area (Å²) in [5.74, 6) is 0.306. The molecule has 0 unspecified atom stereocenters. The van der Waals surface area contributed by atoms with Crippen molar-refractivity contribution in [1.29, 1.82) is 0 Å². The van der Waals surface area contributed by atoms with E-state index in [9.17, 15) is 20.0 Å². The number of nitrogens with zero attached hydrogens (tertiary/aromatic N) is 3. The van der Waals surface area contributed by atoms with Crippen LogP contribution in [-0.2, 0) is 0 Å². The SMILES string of the molecule is O=c1c2cc(I)ccc2nc(/C=C/c2cc(Br)ccc2O)n1-c1ccc([N+](=O)[O-])cc1Cl. The number of phenolic OH excluding ortho intramolecular Hbond substituents is 1. The molecule has 1 heterocycles. The first-order valence-electron chi connectivity index (χ1n) is 9.08. The zero-order chi connectivity index (χ0) is 23.0. The zero-order valence-electron chi connectivity index (χ0n) is 16.0. The predicted molar refractivity (Wildman–Crippen MR) is 136 cm³/mol. The van der Waals surface area contributed by atoms with Gasteiger partial charge in [-0.25, -0.2) is 4.98 Å². The Bertz CT molecular complexity index is 1490. The van der Waals surface area contributed by atoms with Gasteiger partial charge in [-0.15, -0.1) is 0 Å². The Hall–Kier alpha value is -2.76. The van der Waals surface area contributed by atoms with Gasteiger partial charge in [-0.1, -0.05) is 27.5 Å². The number of aromatic nitrogens is 2. The second kappa shape index (κ2) is 9.00. The molecule has 0 saturated carbocycles. The molecule has 0 aliphatic carbocycles. The summed E-state index contributed by atoms with van der Waals surface area (Å²) in [6, 6.07) is 14.1. The van der Waals surface area contributed by atoms with E-state index in [-0.39, 0.29) is 33.5 Å². The van der Waals surface area contributed by atoms with Crippen LogP contribution in [0.2, 0.25) is 5.02 Å². The van der Waals surface area contributed by atoms with Gasteiger partial charge in [-0.3, -0.25) is 19.5 Å². The van der Waals surface area contributed by atoms with Crippen molar-refractivity contribution in [3.63, 3.8) is 0 Å². The number of rotatable bonds is 4. The van der Waals surface area contributed by atoms with Crippen LogP contribution in [0.25, 0.3) is 28.7 Å². The second-order valence-corrected chi connectivity index (χ2v) is 9.27. The maximum absolute atomic E-state index is 13.4. The van der Waals surface area contributed by atoms with Crippen LogP contribution < -0.4 is 5.56 Å².